The summed E-state index contributed by atoms with van der Waals surface area (Å²) in [5.74, 6) is -0.260. The summed E-state index contributed by atoms with van der Waals surface area (Å²) in [4.78, 5) is 0. The van der Waals surface area contributed by atoms with Crippen LogP contribution in [0.2, 0.25) is 5.02 Å². The summed E-state index contributed by atoms with van der Waals surface area (Å²) < 4.78 is 15.0. The van der Waals surface area contributed by atoms with E-state index in [1.807, 2.05) is 13.8 Å². The van der Waals surface area contributed by atoms with Gasteiger partial charge in [-0.05, 0) is 18.1 Å². The first-order valence-electron chi connectivity index (χ1n) is 5.29. The molecule has 0 aliphatic carbocycles. The van der Waals surface area contributed by atoms with Gasteiger partial charge >= 0.3 is 0 Å². The second-order valence-electron chi connectivity index (χ2n) is 4.15. The molecule has 0 saturated heterocycles. The fourth-order valence-electron chi connectivity index (χ4n) is 1.77. The van der Waals surface area contributed by atoms with Gasteiger partial charge in [-0.2, -0.15) is 5.10 Å². The van der Waals surface area contributed by atoms with Gasteiger partial charge in [-0.25, -0.2) is 9.07 Å². The van der Waals surface area contributed by atoms with Gasteiger partial charge in [0.1, 0.15) is 5.82 Å². The first-order chi connectivity index (χ1) is 8.00. The van der Waals surface area contributed by atoms with E-state index in [2.05, 4.69) is 5.10 Å². The molecule has 0 spiro atoms. The summed E-state index contributed by atoms with van der Waals surface area (Å²) in [6, 6.07) is 4.57. The molecule has 0 fully saturated rings. The van der Waals surface area contributed by atoms with Gasteiger partial charge in [0.2, 0.25) is 0 Å². The maximum Gasteiger partial charge on any atom is 0.143 e. The Bertz CT molecular complexity index is 549. The van der Waals surface area contributed by atoms with Gasteiger partial charge in [0.15, 0.2) is 0 Å². The van der Waals surface area contributed by atoms with E-state index in [9.17, 15) is 4.39 Å². The maximum absolute atomic E-state index is 13.4. The van der Waals surface area contributed by atoms with Crippen LogP contribution in [-0.4, -0.2) is 9.78 Å². The van der Waals surface area contributed by atoms with Gasteiger partial charge in [0, 0.05) is 6.07 Å². The highest BCUT2D eigenvalue weighted by molar-refractivity contribution is 6.30. The molecule has 3 nitrogen and oxygen atoms in total. The normalized spacial score (nSPS) is 11.1. The van der Waals surface area contributed by atoms with Crippen molar-refractivity contribution >= 4 is 17.3 Å². The third-order valence-corrected chi connectivity index (χ3v) is 2.84. The molecule has 1 aromatic heterocycles. The smallest absolute Gasteiger partial charge is 0.143 e. The average molecular weight is 254 g/mol. The number of hydrogen-bond donors (Lipinski definition) is 1. The number of nitrogens with two attached hydrogens (primary N) is 1. The molecule has 2 N–H and O–H groups in total. The number of nitrogen functional groups attached to an aromatic ring is 1. The van der Waals surface area contributed by atoms with Crippen molar-refractivity contribution in [2.75, 3.05) is 5.73 Å². The van der Waals surface area contributed by atoms with E-state index in [-0.39, 0.29) is 10.9 Å². The zero-order valence-electron chi connectivity index (χ0n) is 9.61. The summed E-state index contributed by atoms with van der Waals surface area (Å²) in [7, 11) is 0. The summed E-state index contributed by atoms with van der Waals surface area (Å²) in [6.07, 6.45) is 1.57. The van der Waals surface area contributed by atoms with Gasteiger partial charge in [-0.15, -0.1) is 0 Å². The van der Waals surface area contributed by atoms with Gasteiger partial charge in [0.25, 0.3) is 0 Å². The number of halogens is 2. The summed E-state index contributed by atoms with van der Waals surface area (Å²) >= 11 is 5.65. The highest BCUT2D eigenvalue weighted by atomic mass is 35.5. The SMILES string of the molecule is CC(C)c1c(N)cnn1-c1ccc(Cl)c(F)c1. The first kappa shape index (κ1) is 11.9. The molecule has 0 radical (unpaired) electrons. The van der Waals surface area contributed by atoms with Crippen LogP contribution in [-0.2, 0) is 0 Å². The van der Waals surface area contributed by atoms with Crippen LogP contribution < -0.4 is 5.73 Å². The van der Waals surface area contributed by atoms with E-state index >= 15 is 0 Å². The molecule has 1 heterocycles. The molecule has 2 rings (SSSR count). The molecule has 17 heavy (non-hydrogen) atoms. The zero-order chi connectivity index (χ0) is 12.6. The predicted molar refractivity (Wildman–Crippen MR) is 67.0 cm³/mol. The number of benzene rings is 1. The number of rotatable bonds is 2. The Balaban J connectivity index is 2.56. The quantitative estimate of drug-likeness (QED) is 0.892. The van der Waals surface area contributed by atoms with Crippen LogP contribution in [0, 0.1) is 5.82 Å². The van der Waals surface area contributed by atoms with Crippen molar-refractivity contribution in [3.05, 3.63) is 40.9 Å². The van der Waals surface area contributed by atoms with Crippen molar-refractivity contribution < 1.29 is 4.39 Å². The van der Waals surface area contributed by atoms with Crippen molar-refractivity contribution in [2.24, 2.45) is 0 Å². The topological polar surface area (TPSA) is 43.8 Å². The third-order valence-electron chi connectivity index (χ3n) is 2.53. The van der Waals surface area contributed by atoms with Gasteiger partial charge in [0.05, 0.1) is 28.3 Å². The number of nitrogens with zero attached hydrogens (tertiary/aromatic N) is 2. The van der Waals surface area contributed by atoms with E-state index in [0.717, 1.165) is 5.69 Å². The van der Waals surface area contributed by atoms with Crippen LogP contribution in [0.4, 0.5) is 10.1 Å². The Morgan fingerprint density at radius 2 is 2.12 bits per heavy atom. The minimum absolute atomic E-state index is 0.0972. The van der Waals surface area contributed by atoms with Crippen molar-refractivity contribution in [3.8, 4) is 5.69 Å². The lowest BCUT2D eigenvalue weighted by Crippen LogP contribution is -2.05. The standard InChI is InChI=1S/C12H13ClFN3/c1-7(2)12-11(15)6-16-17(12)8-3-4-9(13)10(14)5-8/h3-7H,15H2,1-2H3. The largest absolute Gasteiger partial charge is 0.396 e. The fraction of sp³-hybridized carbons (Fsp3) is 0.250. The molecule has 0 unspecified atom stereocenters. The van der Waals surface area contributed by atoms with Gasteiger partial charge < -0.3 is 5.73 Å². The lowest BCUT2D eigenvalue weighted by Gasteiger charge is -2.11. The molecule has 0 bridgehead atoms. The Hall–Kier alpha value is -1.55. The predicted octanol–water partition coefficient (Wildman–Crippen LogP) is 3.37. The molecule has 0 saturated carbocycles. The molecule has 0 aliphatic rings. The molecular formula is C12H13ClFN3. The first-order valence-corrected chi connectivity index (χ1v) is 5.67. The molecule has 0 atom stereocenters. The Morgan fingerprint density at radius 1 is 1.41 bits per heavy atom. The molecule has 0 aliphatic heterocycles. The van der Waals surface area contributed by atoms with Crippen LogP contribution in [0.25, 0.3) is 5.69 Å². The number of hydrogen-bond acceptors (Lipinski definition) is 2. The van der Waals surface area contributed by atoms with Crippen LogP contribution >= 0.6 is 11.6 Å². The summed E-state index contributed by atoms with van der Waals surface area (Å²) in [5, 5.41) is 4.26. The van der Waals surface area contributed by atoms with E-state index in [4.69, 9.17) is 17.3 Å². The number of aromatic nitrogens is 2. The van der Waals surface area contributed by atoms with Crippen LogP contribution in [0.5, 0.6) is 0 Å². The van der Waals surface area contributed by atoms with Crippen molar-refractivity contribution in [3.63, 3.8) is 0 Å². The van der Waals surface area contributed by atoms with E-state index in [1.165, 1.54) is 12.1 Å². The van der Waals surface area contributed by atoms with E-state index in [0.29, 0.717) is 11.4 Å². The summed E-state index contributed by atoms with van der Waals surface area (Å²) in [6.45, 7) is 4.02. The maximum atomic E-state index is 13.4. The Labute approximate surface area is 104 Å². The fourth-order valence-corrected chi connectivity index (χ4v) is 1.89. The van der Waals surface area contributed by atoms with Crippen molar-refractivity contribution in [1.29, 1.82) is 0 Å². The molecule has 2 aromatic rings. The second kappa shape index (κ2) is 4.37. The highest BCUT2D eigenvalue weighted by Gasteiger charge is 2.14. The monoisotopic (exact) mass is 253 g/mol. The van der Waals surface area contributed by atoms with Crippen LogP contribution in [0.1, 0.15) is 25.5 Å². The average Bonchev–Trinajstić information content (AvgIpc) is 2.64. The van der Waals surface area contributed by atoms with Gasteiger partial charge in [-0.1, -0.05) is 25.4 Å². The molecule has 0 amide bonds. The molecular weight excluding hydrogens is 241 g/mol. The van der Waals surface area contributed by atoms with Crippen molar-refractivity contribution in [1.82, 2.24) is 9.78 Å². The highest BCUT2D eigenvalue weighted by Crippen LogP contribution is 2.26. The number of anilines is 1. The zero-order valence-corrected chi connectivity index (χ0v) is 10.4. The second-order valence-corrected chi connectivity index (χ2v) is 4.56. The minimum Gasteiger partial charge on any atom is -0.396 e. The summed E-state index contributed by atoms with van der Waals surface area (Å²) in [5.41, 5.74) is 7.94. The van der Waals surface area contributed by atoms with E-state index in [1.54, 1.807) is 16.9 Å². The Morgan fingerprint density at radius 3 is 2.71 bits per heavy atom. The van der Waals surface area contributed by atoms with E-state index < -0.39 is 5.82 Å². The van der Waals surface area contributed by atoms with Crippen LogP contribution in [0.3, 0.4) is 0 Å². The molecule has 1 aromatic carbocycles. The lowest BCUT2D eigenvalue weighted by molar-refractivity contribution is 0.624. The Kier molecular flexibility index (Phi) is 3.07. The minimum atomic E-state index is -0.465. The third kappa shape index (κ3) is 2.13. The van der Waals surface area contributed by atoms with Crippen LogP contribution in [0.15, 0.2) is 24.4 Å². The lowest BCUT2D eigenvalue weighted by atomic mass is 10.1. The molecule has 5 heteroatoms. The van der Waals surface area contributed by atoms with Gasteiger partial charge in [-0.3, -0.25) is 0 Å². The molecule has 90 valence electrons. The van der Waals surface area contributed by atoms with Crippen molar-refractivity contribution in [2.45, 2.75) is 19.8 Å².